The Labute approximate surface area is 184 Å². The lowest BCUT2D eigenvalue weighted by atomic mass is 10.0. The molecule has 3 aromatic rings. The van der Waals surface area contributed by atoms with E-state index in [2.05, 4.69) is 0 Å². The Bertz CT molecular complexity index is 1340. The van der Waals surface area contributed by atoms with E-state index in [4.69, 9.17) is 5.73 Å². The highest BCUT2D eigenvalue weighted by Crippen LogP contribution is 2.37. The fourth-order valence-corrected chi connectivity index (χ4v) is 4.54. The average molecular weight is 464 g/mol. The molecule has 0 bridgehead atoms. The van der Waals surface area contributed by atoms with Crippen LogP contribution in [-0.2, 0) is 16.6 Å². The Hall–Kier alpha value is -3.08. The van der Waals surface area contributed by atoms with Crippen LogP contribution < -0.4 is 5.73 Å². The molecule has 0 aliphatic heterocycles. The largest absolute Gasteiger partial charge is 0.478 e. The van der Waals surface area contributed by atoms with Crippen molar-refractivity contribution in [2.45, 2.75) is 18.4 Å². The second-order valence-corrected chi connectivity index (χ2v) is 9.55. The molecule has 0 unspecified atom stereocenters. The predicted octanol–water partition coefficient (Wildman–Crippen LogP) is 3.52. The first kappa shape index (κ1) is 23.6. The van der Waals surface area contributed by atoms with Gasteiger partial charge in [-0.15, -0.1) is 0 Å². The number of aromatic nitrogens is 1. The molecule has 0 fully saturated rings. The van der Waals surface area contributed by atoms with Crippen LogP contribution in [0.3, 0.4) is 0 Å². The molecule has 3 N–H and O–H groups in total. The van der Waals surface area contributed by atoms with Gasteiger partial charge in [0.25, 0.3) is 0 Å². The first-order valence-corrected chi connectivity index (χ1v) is 11.1. The summed E-state index contributed by atoms with van der Waals surface area (Å²) >= 11 is 0. The second-order valence-electron chi connectivity index (χ2n) is 7.40. The third kappa shape index (κ3) is 4.16. The highest BCUT2D eigenvalue weighted by molar-refractivity contribution is 7.89. The standard InChI is InChI=1S/C22H23F2N3O4S/c1-13-21(14-5-4-6-16(9-14)32(30,31)26(2)3)18-10-17(22(28)29)19(24)11-20(18)27(13)12-15(23)7-8-25/h4-7,9-11H,8,12,25H2,1-3H3,(H,28,29)/b15-7-. The number of carboxylic acids is 1. The number of sulfonamides is 1. The van der Waals surface area contributed by atoms with E-state index in [-0.39, 0.29) is 23.5 Å². The smallest absolute Gasteiger partial charge is 0.338 e. The summed E-state index contributed by atoms with van der Waals surface area (Å²) in [6, 6.07) is 8.35. The van der Waals surface area contributed by atoms with Crippen LogP contribution in [0.1, 0.15) is 16.1 Å². The van der Waals surface area contributed by atoms with Gasteiger partial charge in [0.05, 0.1) is 22.5 Å². The molecular formula is C22H23F2N3O4S. The van der Waals surface area contributed by atoms with Crippen LogP contribution in [0.4, 0.5) is 8.78 Å². The SMILES string of the molecule is Cc1c(-c2cccc(S(=O)(=O)N(C)C)c2)c2cc(C(=O)O)c(F)cc2n1C/C(F)=C/CN. The van der Waals surface area contributed by atoms with Crippen molar-refractivity contribution in [3.63, 3.8) is 0 Å². The molecule has 0 saturated carbocycles. The van der Waals surface area contributed by atoms with E-state index in [1.54, 1.807) is 19.1 Å². The molecule has 0 aliphatic rings. The molecule has 170 valence electrons. The van der Waals surface area contributed by atoms with Crippen LogP contribution in [0.15, 0.2) is 53.2 Å². The maximum absolute atomic E-state index is 14.5. The lowest BCUT2D eigenvalue weighted by Crippen LogP contribution is -2.22. The summed E-state index contributed by atoms with van der Waals surface area (Å²) < 4.78 is 56.6. The Kier molecular flexibility index (Phi) is 6.49. The fourth-order valence-electron chi connectivity index (χ4n) is 3.60. The topological polar surface area (TPSA) is 106 Å². The lowest BCUT2D eigenvalue weighted by Gasteiger charge is -2.13. The van der Waals surface area contributed by atoms with E-state index in [1.165, 1.54) is 42.9 Å². The van der Waals surface area contributed by atoms with Crippen molar-refractivity contribution in [3.8, 4) is 11.1 Å². The average Bonchev–Trinajstić information content (AvgIpc) is 2.98. The van der Waals surface area contributed by atoms with Crippen LogP contribution in [0.5, 0.6) is 0 Å². The van der Waals surface area contributed by atoms with Crippen LogP contribution >= 0.6 is 0 Å². The molecule has 0 saturated heterocycles. The maximum Gasteiger partial charge on any atom is 0.338 e. The van der Waals surface area contributed by atoms with Crippen molar-refractivity contribution < 1.29 is 27.1 Å². The third-order valence-corrected chi connectivity index (χ3v) is 7.00. The summed E-state index contributed by atoms with van der Waals surface area (Å²) in [5.74, 6) is -2.94. The number of halogens is 2. The number of nitrogens with two attached hydrogens (primary N) is 1. The van der Waals surface area contributed by atoms with Crippen molar-refractivity contribution in [1.82, 2.24) is 8.87 Å². The number of benzene rings is 2. The molecule has 0 radical (unpaired) electrons. The van der Waals surface area contributed by atoms with Crippen LogP contribution in [0.25, 0.3) is 22.0 Å². The normalized spacial score (nSPS) is 12.7. The number of allylic oxidation sites excluding steroid dienone is 1. The Morgan fingerprint density at radius 1 is 1.25 bits per heavy atom. The zero-order chi connectivity index (χ0) is 23.8. The molecule has 32 heavy (non-hydrogen) atoms. The number of hydrogen-bond donors (Lipinski definition) is 2. The van der Waals surface area contributed by atoms with Crippen molar-refractivity contribution in [2.24, 2.45) is 5.73 Å². The molecule has 7 nitrogen and oxygen atoms in total. The number of nitrogens with zero attached hydrogens (tertiary/aromatic N) is 2. The number of aromatic carboxylic acids is 1. The van der Waals surface area contributed by atoms with Gasteiger partial charge in [0.15, 0.2) is 0 Å². The predicted molar refractivity (Wildman–Crippen MR) is 118 cm³/mol. The summed E-state index contributed by atoms with van der Waals surface area (Å²) in [6.07, 6.45) is 1.19. The summed E-state index contributed by atoms with van der Waals surface area (Å²) in [4.78, 5) is 11.6. The maximum atomic E-state index is 14.5. The fraction of sp³-hybridized carbons (Fsp3) is 0.227. The van der Waals surface area contributed by atoms with E-state index in [9.17, 15) is 27.1 Å². The number of carboxylic acid groups (broad SMARTS) is 1. The van der Waals surface area contributed by atoms with Gasteiger partial charge in [-0.25, -0.2) is 26.3 Å². The molecule has 2 aromatic carbocycles. The minimum atomic E-state index is -3.73. The van der Waals surface area contributed by atoms with Crippen LogP contribution in [0, 0.1) is 12.7 Å². The van der Waals surface area contributed by atoms with Crippen molar-refractivity contribution in [1.29, 1.82) is 0 Å². The van der Waals surface area contributed by atoms with Gasteiger partial charge in [0, 0.05) is 37.3 Å². The molecular weight excluding hydrogens is 440 g/mol. The van der Waals surface area contributed by atoms with Gasteiger partial charge in [-0.2, -0.15) is 0 Å². The molecule has 3 rings (SSSR count). The minimum Gasteiger partial charge on any atom is -0.478 e. The Morgan fingerprint density at radius 2 is 1.94 bits per heavy atom. The van der Waals surface area contributed by atoms with Gasteiger partial charge < -0.3 is 15.4 Å². The summed E-state index contributed by atoms with van der Waals surface area (Å²) in [6.45, 7) is 1.43. The first-order chi connectivity index (χ1) is 15.0. The third-order valence-electron chi connectivity index (χ3n) is 5.19. The van der Waals surface area contributed by atoms with Crippen LogP contribution in [-0.4, -0.2) is 49.0 Å². The van der Waals surface area contributed by atoms with Crippen LogP contribution in [0.2, 0.25) is 0 Å². The summed E-state index contributed by atoms with van der Waals surface area (Å²) in [5.41, 5.74) is 6.59. The number of fused-ring (bicyclic) bond motifs is 1. The minimum absolute atomic E-state index is 0.0150. The van der Waals surface area contributed by atoms with Gasteiger partial charge in [-0.3, -0.25) is 0 Å². The van der Waals surface area contributed by atoms with Gasteiger partial charge in [0.2, 0.25) is 10.0 Å². The van der Waals surface area contributed by atoms with Crippen molar-refractivity contribution >= 4 is 26.9 Å². The Morgan fingerprint density at radius 3 is 2.53 bits per heavy atom. The van der Waals surface area contributed by atoms with Crippen molar-refractivity contribution in [3.05, 3.63) is 65.4 Å². The van der Waals surface area contributed by atoms with Gasteiger partial charge in [-0.1, -0.05) is 12.1 Å². The molecule has 0 aliphatic carbocycles. The summed E-state index contributed by atoms with van der Waals surface area (Å²) in [7, 11) is -0.911. The highest BCUT2D eigenvalue weighted by atomic mass is 32.2. The van der Waals surface area contributed by atoms with E-state index in [1.807, 2.05) is 0 Å². The van der Waals surface area contributed by atoms with E-state index >= 15 is 0 Å². The molecule has 0 amide bonds. The quantitative estimate of drug-likeness (QED) is 0.558. The monoisotopic (exact) mass is 463 g/mol. The zero-order valence-corrected chi connectivity index (χ0v) is 18.6. The highest BCUT2D eigenvalue weighted by Gasteiger charge is 2.23. The molecule has 1 heterocycles. The van der Waals surface area contributed by atoms with E-state index in [0.29, 0.717) is 22.2 Å². The zero-order valence-electron chi connectivity index (χ0n) is 17.8. The van der Waals surface area contributed by atoms with Crippen molar-refractivity contribution in [2.75, 3.05) is 20.6 Å². The number of rotatable bonds is 7. The summed E-state index contributed by atoms with van der Waals surface area (Å²) in [5, 5.41) is 9.74. The second kappa shape index (κ2) is 8.81. The van der Waals surface area contributed by atoms with Gasteiger partial charge in [0.1, 0.15) is 11.6 Å². The molecule has 0 atom stereocenters. The number of carbonyl (C=O) groups is 1. The van der Waals surface area contributed by atoms with E-state index in [0.717, 1.165) is 10.4 Å². The van der Waals surface area contributed by atoms with Gasteiger partial charge >= 0.3 is 5.97 Å². The van der Waals surface area contributed by atoms with E-state index < -0.39 is 33.2 Å². The Balaban J connectivity index is 2.36. The number of hydrogen-bond acceptors (Lipinski definition) is 4. The first-order valence-electron chi connectivity index (χ1n) is 9.62. The van der Waals surface area contributed by atoms with Gasteiger partial charge in [-0.05, 0) is 42.8 Å². The molecule has 0 spiro atoms. The molecule has 10 heteroatoms. The lowest BCUT2D eigenvalue weighted by molar-refractivity contribution is 0.0692. The molecule has 1 aromatic heterocycles.